The van der Waals surface area contributed by atoms with E-state index in [9.17, 15) is 4.39 Å². The zero-order valence-corrected chi connectivity index (χ0v) is 16.2. The van der Waals surface area contributed by atoms with Crippen LogP contribution in [0.4, 0.5) is 15.8 Å². The molecule has 0 bridgehead atoms. The fraction of sp³-hybridized carbons (Fsp3) is 0.227. The van der Waals surface area contributed by atoms with Crippen LogP contribution >= 0.6 is 0 Å². The minimum Gasteiger partial charge on any atom is -0.488 e. The Bertz CT molecular complexity index is 1070. The molecule has 0 amide bonds. The summed E-state index contributed by atoms with van der Waals surface area (Å²) in [6, 6.07) is 13.9. The Morgan fingerprint density at radius 1 is 1.23 bits per heavy atom. The number of rotatable bonds is 5. The maximum absolute atomic E-state index is 14.2. The molecule has 2 N–H and O–H groups in total. The van der Waals surface area contributed by atoms with E-state index in [0.717, 1.165) is 5.56 Å². The maximum Gasteiger partial charge on any atom is 0.159 e. The molecule has 1 fully saturated rings. The van der Waals surface area contributed by atoms with Gasteiger partial charge in [-0.3, -0.25) is 0 Å². The van der Waals surface area contributed by atoms with Gasteiger partial charge in [-0.1, -0.05) is 12.1 Å². The number of benzene rings is 2. The molecule has 1 saturated heterocycles. The summed E-state index contributed by atoms with van der Waals surface area (Å²) in [5, 5.41) is 9.01. The molecule has 1 unspecified atom stereocenters. The summed E-state index contributed by atoms with van der Waals surface area (Å²) >= 11 is 0. The molecular weight excluding hydrogens is 385 g/mol. The van der Waals surface area contributed by atoms with Crippen molar-refractivity contribution in [3.05, 3.63) is 66.2 Å². The lowest BCUT2D eigenvalue weighted by Gasteiger charge is -2.34. The van der Waals surface area contributed by atoms with Crippen LogP contribution in [0.25, 0.3) is 11.4 Å². The van der Waals surface area contributed by atoms with Gasteiger partial charge in [0, 0.05) is 24.3 Å². The molecule has 1 aromatic heterocycles. The molecule has 0 radical (unpaired) electrons. The van der Waals surface area contributed by atoms with Crippen LogP contribution in [0.15, 0.2) is 54.9 Å². The summed E-state index contributed by atoms with van der Waals surface area (Å²) in [5.41, 5.74) is 7.84. The standard InChI is InChI=1S/C22H20FN5O2/c23-20-9-17(25)4-5-21(20)28-6-7-29-19(13-28)14-30-18-11-26-22(27-12-18)16-3-1-2-15(8-16)10-24/h1-5,8-9,11-12,19H,6-7,13-14,25H2. The first-order chi connectivity index (χ1) is 14.6. The highest BCUT2D eigenvalue weighted by Gasteiger charge is 2.23. The van der Waals surface area contributed by atoms with Gasteiger partial charge in [-0.25, -0.2) is 14.4 Å². The average Bonchev–Trinajstić information content (AvgIpc) is 2.78. The fourth-order valence-electron chi connectivity index (χ4n) is 3.28. The second-order valence-electron chi connectivity index (χ2n) is 6.90. The van der Waals surface area contributed by atoms with E-state index in [4.69, 9.17) is 20.5 Å². The third-order valence-electron chi connectivity index (χ3n) is 4.77. The molecule has 1 aliphatic rings. The zero-order chi connectivity index (χ0) is 20.9. The predicted molar refractivity (Wildman–Crippen MR) is 110 cm³/mol. The van der Waals surface area contributed by atoms with Gasteiger partial charge in [-0.05, 0) is 30.3 Å². The van der Waals surface area contributed by atoms with E-state index < -0.39 is 0 Å². The molecule has 4 rings (SSSR count). The van der Waals surface area contributed by atoms with Crippen molar-refractivity contribution < 1.29 is 13.9 Å². The van der Waals surface area contributed by atoms with Gasteiger partial charge in [0.15, 0.2) is 11.6 Å². The number of nitrogens with zero attached hydrogens (tertiary/aromatic N) is 4. The van der Waals surface area contributed by atoms with E-state index in [1.807, 2.05) is 11.0 Å². The van der Waals surface area contributed by atoms with E-state index >= 15 is 0 Å². The van der Waals surface area contributed by atoms with E-state index in [-0.39, 0.29) is 11.9 Å². The summed E-state index contributed by atoms with van der Waals surface area (Å²) in [5.74, 6) is 0.675. The van der Waals surface area contributed by atoms with Gasteiger partial charge in [-0.2, -0.15) is 5.26 Å². The second-order valence-corrected chi connectivity index (χ2v) is 6.90. The Morgan fingerprint density at radius 3 is 2.83 bits per heavy atom. The number of ether oxygens (including phenoxy) is 2. The molecule has 1 aliphatic heterocycles. The number of nitrogens with two attached hydrogens (primary N) is 1. The SMILES string of the molecule is N#Cc1cccc(-c2ncc(OCC3CN(c4ccc(N)cc4F)CCO3)cn2)c1. The van der Waals surface area contributed by atoms with Gasteiger partial charge in [0.05, 0.1) is 36.3 Å². The van der Waals surface area contributed by atoms with Crippen LogP contribution in [-0.2, 0) is 4.74 Å². The van der Waals surface area contributed by atoms with Crippen molar-refractivity contribution in [3.8, 4) is 23.2 Å². The molecule has 2 aromatic carbocycles. The first kappa shape index (κ1) is 19.6. The topological polar surface area (TPSA) is 97.3 Å². The Labute approximate surface area is 173 Å². The minimum atomic E-state index is -0.346. The Balaban J connectivity index is 1.36. The van der Waals surface area contributed by atoms with Gasteiger partial charge in [0.1, 0.15) is 18.5 Å². The van der Waals surface area contributed by atoms with E-state index in [2.05, 4.69) is 16.0 Å². The number of nitrogen functional groups attached to an aromatic ring is 1. The van der Waals surface area contributed by atoms with Crippen molar-refractivity contribution in [1.82, 2.24) is 9.97 Å². The van der Waals surface area contributed by atoms with Gasteiger partial charge in [0.2, 0.25) is 0 Å². The van der Waals surface area contributed by atoms with Crippen LogP contribution in [0.2, 0.25) is 0 Å². The fourth-order valence-corrected chi connectivity index (χ4v) is 3.28. The van der Waals surface area contributed by atoms with Crippen molar-refractivity contribution >= 4 is 11.4 Å². The Morgan fingerprint density at radius 2 is 2.07 bits per heavy atom. The normalized spacial score (nSPS) is 16.1. The lowest BCUT2D eigenvalue weighted by molar-refractivity contribution is 0.00994. The second kappa shape index (κ2) is 8.76. The largest absolute Gasteiger partial charge is 0.488 e. The first-order valence-electron chi connectivity index (χ1n) is 9.49. The van der Waals surface area contributed by atoms with E-state index in [0.29, 0.717) is 54.8 Å². The van der Waals surface area contributed by atoms with Crippen molar-refractivity contribution in [1.29, 1.82) is 5.26 Å². The van der Waals surface area contributed by atoms with Crippen molar-refractivity contribution in [2.45, 2.75) is 6.10 Å². The summed E-state index contributed by atoms with van der Waals surface area (Å²) in [6.07, 6.45) is 2.95. The summed E-state index contributed by atoms with van der Waals surface area (Å²) in [4.78, 5) is 10.5. The maximum atomic E-state index is 14.2. The predicted octanol–water partition coefficient (Wildman–Crippen LogP) is 3.02. The first-order valence-corrected chi connectivity index (χ1v) is 9.49. The van der Waals surface area contributed by atoms with Crippen LogP contribution in [-0.4, -0.2) is 42.4 Å². The van der Waals surface area contributed by atoms with E-state index in [1.165, 1.54) is 6.07 Å². The van der Waals surface area contributed by atoms with Crippen molar-refractivity contribution in [2.75, 3.05) is 36.9 Å². The summed E-state index contributed by atoms with van der Waals surface area (Å²) < 4.78 is 25.7. The number of hydrogen-bond acceptors (Lipinski definition) is 7. The third-order valence-corrected chi connectivity index (χ3v) is 4.77. The van der Waals surface area contributed by atoms with Crippen LogP contribution in [0, 0.1) is 17.1 Å². The van der Waals surface area contributed by atoms with Gasteiger partial charge in [0.25, 0.3) is 0 Å². The number of hydrogen-bond donors (Lipinski definition) is 1. The number of anilines is 2. The number of nitriles is 1. The third kappa shape index (κ3) is 4.47. The molecule has 1 atom stereocenters. The molecule has 8 heteroatoms. The number of halogens is 1. The molecule has 3 aromatic rings. The van der Waals surface area contributed by atoms with Crippen LogP contribution in [0.3, 0.4) is 0 Å². The van der Waals surface area contributed by atoms with Gasteiger partial charge < -0.3 is 20.1 Å². The lowest BCUT2D eigenvalue weighted by atomic mass is 10.1. The number of morpholine rings is 1. The Kier molecular flexibility index (Phi) is 5.72. The quantitative estimate of drug-likeness (QED) is 0.652. The summed E-state index contributed by atoms with van der Waals surface area (Å²) in [7, 11) is 0. The Hall–Kier alpha value is -3.70. The molecule has 0 spiro atoms. The zero-order valence-electron chi connectivity index (χ0n) is 16.2. The minimum absolute atomic E-state index is 0.220. The molecule has 152 valence electrons. The number of aromatic nitrogens is 2. The lowest BCUT2D eigenvalue weighted by Crippen LogP contribution is -2.45. The van der Waals surface area contributed by atoms with Gasteiger partial charge in [-0.15, -0.1) is 0 Å². The van der Waals surface area contributed by atoms with Crippen molar-refractivity contribution in [3.63, 3.8) is 0 Å². The molecule has 0 aliphatic carbocycles. The molecule has 0 saturated carbocycles. The highest BCUT2D eigenvalue weighted by atomic mass is 19.1. The molecule has 2 heterocycles. The monoisotopic (exact) mass is 405 g/mol. The van der Waals surface area contributed by atoms with Crippen LogP contribution in [0.1, 0.15) is 5.56 Å². The molecule has 7 nitrogen and oxygen atoms in total. The smallest absolute Gasteiger partial charge is 0.159 e. The van der Waals surface area contributed by atoms with Crippen LogP contribution < -0.4 is 15.4 Å². The highest BCUT2D eigenvalue weighted by Crippen LogP contribution is 2.24. The molecular formula is C22H20FN5O2. The highest BCUT2D eigenvalue weighted by molar-refractivity contribution is 5.58. The molecule has 30 heavy (non-hydrogen) atoms. The summed E-state index contributed by atoms with van der Waals surface area (Å²) in [6.45, 7) is 1.86. The van der Waals surface area contributed by atoms with E-state index in [1.54, 1.807) is 42.7 Å². The average molecular weight is 405 g/mol. The van der Waals surface area contributed by atoms with Crippen molar-refractivity contribution in [2.24, 2.45) is 0 Å². The van der Waals surface area contributed by atoms with Gasteiger partial charge >= 0.3 is 0 Å². The van der Waals surface area contributed by atoms with Crippen LogP contribution in [0.5, 0.6) is 5.75 Å².